The van der Waals surface area contributed by atoms with E-state index >= 15 is 0 Å². The van der Waals surface area contributed by atoms with Crippen LogP contribution in [0, 0.1) is 6.92 Å². The largest absolute Gasteiger partial charge is 0.352 e. The molecule has 7 nitrogen and oxygen atoms in total. The molecular weight excluding hydrogens is 392 g/mol. The van der Waals surface area contributed by atoms with E-state index in [9.17, 15) is 14.4 Å². The van der Waals surface area contributed by atoms with Gasteiger partial charge in [-0.1, -0.05) is 35.9 Å². The van der Waals surface area contributed by atoms with Gasteiger partial charge in [-0.3, -0.25) is 9.59 Å². The summed E-state index contributed by atoms with van der Waals surface area (Å²) in [5, 5.41) is 8.49. The van der Waals surface area contributed by atoms with Crippen LogP contribution in [0.4, 0.5) is 10.5 Å². The highest BCUT2D eigenvalue weighted by Gasteiger charge is 2.21. The minimum Gasteiger partial charge on any atom is -0.352 e. The minimum atomic E-state index is -0.731. The lowest BCUT2D eigenvalue weighted by atomic mass is 9.98. The molecule has 2 aromatic rings. The van der Waals surface area contributed by atoms with E-state index in [-0.39, 0.29) is 18.4 Å². The van der Waals surface area contributed by atoms with Crippen molar-refractivity contribution in [3.05, 3.63) is 64.2 Å². The molecule has 0 saturated carbocycles. The third-order valence-corrected chi connectivity index (χ3v) is 4.43. The maximum atomic E-state index is 12.7. The van der Waals surface area contributed by atoms with Crippen LogP contribution in [0.5, 0.6) is 0 Å². The lowest BCUT2D eigenvalue weighted by Gasteiger charge is -2.20. The first-order valence-corrected chi connectivity index (χ1v) is 9.57. The molecule has 2 aromatic carbocycles. The molecule has 0 saturated heterocycles. The number of hydrogen-bond acceptors (Lipinski definition) is 3. The molecule has 4 amide bonds. The van der Waals surface area contributed by atoms with E-state index in [1.807, 2.05) is 45.0 Å². The number of carbonyl (C=O) groups excluding carboxylic acids is 3. The third-order valence-electron chi connectivity index (χ3n) is 4.19. The number of amides is 4. The average Bonchev–Trinajstić information content (AvgIpc) is 2.60. The van der Waals surface area contributed by atoms with Crippen LogP contribution >= 0.6 is 11.6 Å². The molecule has 0 aromatic heterocycles. The number of halogens is 1. The fraction of sp³-hybridized carbons (Fsp3) is 0.286. The van der Waals surface area contributed by atoms with E-state index in [2.05, 4.69) is 16.0 Å². The molecule has 0 heterocycles. The molecule has 29 heavy (non-hydrogen) atoms. The van der Waals surface area contributed by atoms with Crippen LogP contribution < -0.4 is 21.7 Å². The highest BCUT2D eigenvalue weighted by atomic mass is 35.5. The van der Waals surface area contributed by atoms with Gasteiger partial charge in [0.2, 0.25) is 5.91 Å². The van der Waals surface area contributed by atoms with Crippen molar-refractivity contribution >= 4 is 35.1 Å². The number of rotatable bonds is 7. The van der Waals surface area contributed by atoms with E-state index < -0.39 is 18.0 Å². The number of carbonyl (C=O) groups is 3. The Kier molecular flexibility index (Phi) is 7.61. The summed E-state index contributed by atoms with van der Waals surface area (Å²) >= 11 is 6.05. The molecule has 0 aliphatic carbocycles. The summed E-state index contributed by atoms with van der Waals surface area (Å²) < 4.78 is 0. The summed E-state index contributed by atoms with van der Waals surface area (Å²) in [6.45, 7) is 5.57. The molecule has 0 spiro atoms. The Morgan fingerprint density at radius 1 is 1.07 bits per heavy atom. The van der Waals surface area contributed by atoms with Gasteiger partial charge in [-0.2, -0.15) is 0 Å². The summed E-state index contributed by atoms with van der Waals surface area (Å²) in [7, 11) is 0. The summed E-state index contributed by atoms with van der Waals surface area (Å²) in [5.41, 5.74) is 7.58. The highest BCUT2D eigenvalue weighted by molar-refractivity contribution is 6.31. The first-order valence-electron chi connectivity index (χ1n) is 9.19. The zero-order chi connectivity index (χ0) is 21.6. The molecule has 0 radical (unpaired) electrons. The van der Waals surface area contributed by atoms with Gasteiger partial charge in [0.25, 0.3) is 5.91 Å². The number of nitrogens with one attached hydrogen (secondary N) is 3. The molecule has 0 aliphatic heterocycles. The second-order valence-corrected chi connectivity index (χ2v) is 7.42. The molecule has 0 fully saturated rings. The Morgan fingerprint density at radius 3 is 2.38 bits per heavy atom. The summed E-state index contributed by atoms with van der Waals surface area (Å²) in [5.74, 6) is -0.717. The van der Waals surface area contributed by atoms with Crippen molar-refractivity contribution in [2.45, 2.75) is 39.3 Å². The second-order valence-electron chi connectivity index (χ2n) is 6.99. The molecule has 5 N–H and O–H groups in total. The monoisotopic (exact) mass is 416 g/mol. The van der Waals surface area contributed by atoms with Gasteiger partial charge in [-0.15, -0.1) is 0 Å². The number of aryl methyl sites for hydroxylation is 1. The van der Waals surface area contributed by atoms with Crippen molar-refractivity contribution in [2.24, 2.45) is 5.73 Å². The molecule has 154 valence electrons. The van der Waals surface area contributed by atoms with Crippen LogP contribution in [-0.2, 0) is 4.79 Å². The van der Waals surface area contributed by atoms with Gasteiger partial charge in [0.05, 0.1) is 23.7 Å². The normalized spacial score (nSPS) is 11.6. The van der Waals surface area contributed by atoms with Gasteiger partial charge in [-0.25, -0.2) is 4.79 Å². The topological polar surface area (TPSA) is 113 Å². The van der Waals surface area contributed by atoms with E-state index in [0.29, 0.717) is 16.3 Å². The fourth-order valence-electron chi connectivity index (χ4n) is 2.93. The molecule has 0 bridgehead atoms. The number of hydrogen-bond donors (Lipinski definition) is 4. The number of urea groups is 1. The van der Waals surface area contributed by atoms with Crippen LogP contribution in [0.2, 0.25) is 5.02 Å². The van der Waals surface area contributed by atoms with Crippen molar-refractivity contribution in [2.75, 3.05) is 5.32 Å². The van der Waals surface area contributed by atoms with Crippen LogP contribution in [0.25, 0.3) is 0 Å². The predicted molar refractivity (Wildman–Crippen MR) is 114 cm³/mol. The molecule has 2 rings (SSSR count). The Morgan fingerprint density at radius 2 is 1.76 bits per heavy atom. The number of primary amides is 1. The van der Waals surface area contributed by atoms with Crippen molar-refractivity contribution < 1.29 is 14.4 Å². The van der Waals surface area contributed by atoms with E-state index in [0.717, 1.165) is 11.1 Å². The quantitative estimate of drug-likeness (QED) is 0.553. The summed E-state index contributed by atoms with van der Waals surface area (Å²) in [6, 6.07) is 10.6. The van der Waals surface area contributed by atoms with E-state index in [4.69, 9.17) is 17.3 Å². The van der Waals surface area contributed by atoms with Gasteiger partial charge in [0.15, 0.2) is 0 Å². The smallest absolute Gasteiger partial charge is 0.312 e. The Balaban J connectivity index is 2.24. The molecule has 8 heteroatoms. The molecule has 1 unspecified atom stereocenters. The van der Waals surface area contributed by atoms with Crippen LogP contribution in [-0.4, -0.2) is 23.9 Å². The number of benzene rings is 2. The van der Waals surface area contributed by atoms with Crippen LogP contribution in [0.1, 0.15) is 47.8 Å². The Hall–Kier alpha value is -3.06. The van der Waals surface area contributed by atoms with Crippen molar-refractivity contribution in [3.8, 4) is 0 Å². The molecule has 1 atom stereocenters. The fourth-order valence-corrected chi connectivity index (χ4v) is 3.10. The van der Waals surface area contributed by atoms with E-state index in [1.54, 1.807) is 12.1 Å². The van der Waals surface area contributed by atoms with Crippen molar-refractivity contribution in [1.82, 2.24) is 10.6 Å². The van der Waals surface area contributed by atoms with Crippen LogP contribution in [0.3, 0.4) is 0 Å². The number of anilines is 1. The van der Waals surface area contributed by atoms with Gasteiger partial charge in [0.1, 0.15) is 0 Å². The maximum absolute atomic E-state index is 12.7. The minimum absolute atomic E-state index is 0.0630. The number of nitrogens with two attached hydrogens (primary N) is 1. The zero-order valence-electron chi connectivity index (χ0n) is 16.6. The van der Waals surface area contributed by atoms with Gasteiger partial charge in [-0.05, 0) is 50.1 Å². The van der Waals surface area contributed by atoms with E-state index in [1.165, 1.54) is 6.07 Å². The van der Waals surface area contributed by atoms with Gasteiger partial charge < -0.3 is 21.7 Å². The SMILES string of the molecule is Cc1ccccc1C(CC(=O)Nc1cc(Cl)ccc1C(=O)NC(C)C)NC(N)=O. The lowest BCUT2D eigenvalue weighted by Crippen LogP contribution is -2.36. The predicted octanol–water partition coefficient (Wildman–Crippen LogP) is 3.52. The lowest BCUT2D eigenvalue weighted by molar-refractivity contribution is -0.116. The summed E-state index contributed by atoms with van der Waals surface area (Å²) in [4.78, 5) is 36.6. The first kappa shape index (κ1) is 22.2. The van der Waals surface area contributed by atoms with Crippen LogP contribution in [0.15, 0.2) is 42.5 Å². The Labute approximate surface area is 175 Å². The molecular formula is C21H25ClN4O3. The first-order chi connectivity index (χ1) is 13.7. The molecule has 0 aliphatic rings. The summed E-state index contributed by atoms with van der Waals surface area (Å²) in [6.07, 6.45) is -0.0639. The average molecular weight is 417 g/mol. The standard InChI is InChI=1S/C21H25ClN4O3/c1-12(2)24-20(28)16-9-8-14(22)10-17(16)25-19(27)11-18(26-21(23)29)15-7-5-4-6-13(15)3/h4-10,12,18H,11H2,1-3H3,(H,24,28)(H,25,27)(H3,23,26,29). The Bertz CT molecular complexity index is 915. The zero-order valence-corrected chi connectivity index (χ0v) is 17.3. The van der Waals surface area contributed by atoms with Crippen molar-refractivity contribution in [1.29, 1.82) is 0 Å². The second kappa shape index (κ2) is 9.93. The van der Waals surface area contributed by atoms with Gasteiger partial charge >= 0.3 is 6.03 Å². The van der Waals surface area contributed by atoms with Crippen molar-refractivity contribution in [3.63, 3.8) is 0 Å². The highest BCUT2D eigenvalue weighted by Crippen LogP contribution is 2.24. The third kappa shape index (κ3) is 6.50. The van der Waals surface area contributed by atoms with Gasteiger partial charge in [0, 0.05) is 11.1 Å². The maximum Gasteiger partial charge on any atom is 0.312 e.